The molecule has 2 amide bonds. The van der Waals surface area contributed by atoms with Gasteiger partial charge in [0.15, 0.2) is 0 Å². The van der Waals surface area contributed by atoms with Gasteiger partial charge in [-0.05, 0) is 48.4 Å². The number of anilines is 2. The number of carbonyl (C=O) groups excluding carboxylic acids is 2. The molecule has 0 unspecified atom stereocenters. The Labute approximate surface area is 121 Å². The normalized spacial score (nSPS) is 12.7. The third-order valence-electron chi connectivity index (χ3n) is 3.39. The van der Waals surface area contributed by atoms with Crippen LogP contribution in [0.4, 0.5) is 11.4 Å². The highest BCUT2D eigenvalue weighted by Crippen LogP contribution is 2.26. The Morgan fingerprint density at radius 1 is 1.24 bits per heavy atom. The van der Waals surface area contributed by atoms with Crippen LogP contribution in [0.25, 0.3) is 0 Å². The molecule has 2 aromatic rings. The Morgan fingerprint density at radius 2 is 2.05 bits per heavy atom. The zero-order valence-electron chi connectivity index (χ0n) is 11.4. The number of aromatic hydroxyl groups is 1. The fraction of sp³-hybridized carbons (Fsp3) is 0.125. The van der Waals surface area contributed by atoms with Crippen LogP contribution in [0, 0.1) is 6.92 Å². The summed E-state index contributed by atoms with van der Waals surface area (Å²) in [6, 6.07) is 10.0. The average molecular weight is 282 g/mol. The number of phenols is 1. The van der Waals surface area contributed by atoms with Gasteiger partial charge in [-0.2, -0.15) is 0 Å². The van der Waals surface area contributed by atoms with E-state index in [9.17, 15) is 14.7 Å². The van der Waals surface area contributed by atoms with Gasteiger partial charge in [-0.15, -0.1) is 0 Å². The summed E-state index contributed by atoms with van der Waals surface area (Å²) in [6.45, 7) is 1.88. The number of fused-ring (bicyclic) bond motifs is 1. The number of hydrogen-bond donors (Lipinski definition) is 3. The molecule has 5 nitrogen and oxygen atoms in total. The first-order valence-electron chi connectivity index (χ1n) is 6.57. The third-order valence-corrected chi connectivity index (χ3v) is 3.39. The maximum atomic E-state index is 12.2. The molecule has 0 saturated heterocycles. The van der Waals surface area contributed by atoms with Crippen LogP contribution in [-0.4, -0.2) is 16.9 Å². The average Bonchev–Trinajstić information content (AvgIpc) is 2.81. The second-order valence-electron chi connectivity index (χ2n) is 5.07. The molecular weight excluding hydrogens is 268 g/mol. The number of carbonyl (C=O) groups is 2. The van der Waals surface area contributed by atoms with Crippen LogP contribution in [0.3, 0.4) is 0 Å². The van der Waals surface area contributed by atoms with E-state index in [0.29, 0.717) is 11.3 Å². The van der Waals surface area contributed by atoms with Crippen molar-refractivity contribution in [2.75, 3.05) is 10.6 Å². The van der Waals surface area contributed by atoms with Gasteiger partial charge in [0.2, 0.25) is 5.91 Å². The Morgan fingerprint density at radius 3 is 2.86 bits per heavy atom. The molecule has 0 saturated carbocycles. The number of aryl methyl sites for hydroxylation is 1. The molecule has 2 aromatic carbocycles. The number of phenolic OH excluding ortho intramolecular Hbond substituents is 1. The van der Waals surface area contributed by atoms with Crippen molar-refractivity contribution < 1.29 is 14.7 Å². The topological polar surface area (TPSA) is 78.4 Å². The maximum Gasteiger partial charge on any atom is 0.255 e. The first kappa shape index (κ1) is 13.2. The number of benzene rings is 2. The molecule has 0 aliphatic carbocycles. The summed E-state index contributed by atoms with van der Waals surface area (Å²) in [7, 11) is 0. The van der Waals surface area contributed by atoms with Crippen LogP contribution in [0.5, 0.6) is 5.75 Å². The predicted octanol–water partition coefficient (Wildman–Crippen LogP) is 2.45. The van der Waals surface area contributed by atoms with Gasteiger partial charge >= 0.3 is 0 Å². The number of amides is 2. The van der Waals surface area contributed by atoms with Gasteiger partial charge in [-0.1, -0.05) is 6.07 Å². The molecule has 21 heavy (non-hydrogen) atoms. The zero-order chi connectivity index (χ0) is 15.0. The molecule has 0 radical (unpaired) electrons. The Hall–Kier alpha value is -2.82. The Balaban J connectivity index is 1.85. The van der Waals surface area contributed by atoms with E-state index in [-0.39, 0.29) is 24.0 Å². The van der Waals surface area contributed by atoms with Crippen molar-refractivity contribution in [1.82, 2.24) is 0 Å². The minimum absolute atomic E-state index is 0.0203. The molecule has 0 bridgehead atoms. The molecule has 3 rings (SSSR count). The summed E-state index contributed by atoms with van der Waals surface area (Å²) in [4.78, 5) is 23.5. The van der Waals surface area contributed by atoms with E-state index >= 15 is 0 Å². The first-order chi connectivity index (χ1) is 10.0. The highest BCUT2D eigenvalue weighted by Gasteiger charge is 2.19. The molecule has 1 heterocycles. The van der Waals surface area contributed by atoms with Crippen LogP contribution in [0.15, 0.2) is 36.4 Å². The molecule has 0 fully saturated rings. The van der Waals surface area contributed by atoms with Crippen molar-refractivity contribution in [3.05, 3.63) is 53.1 Å². The maximum absolute atomic E-state index is 12.2. The Kier molecular flexibility index (Phi) is 3.10. The summed E-state index contributed by atoms with van der Waals surface area (Å²) < 4.78 is 0. The van der Waals surface area contributed by atoms with Crippen LogP contribution < -0.4 is 10.6 Å². The lowest BCUT2D eigenvalue weighted by Crippen LogP contribution is -2.12. The van der Waals surface area contributed by atoms with Crippen molar-refractivity contribution in [2.24, 2.45) is 0 Å². The predicted molar refractivity (Wildman–Crippen MR) is 79.6 cm³/mol. The number of rotatable bonds is 2. The third kappa shape index (κ3) is 2.58. The largest absolute Gasteiger partial charge is 0.506 e. The van der Waals surface area contributed by atoms with Gasteiger partial charge in [-0.25, -0.2) is 0 Å². The van der Waals surface area contributed by atoms with Crippen LogP contribution in [0.2, 0.25) is 0 Å². The fourth-order valence-electron chi connectivity index (χ4n) is 2.32. The molecule has 1 aliphatic heterocycles. The van der Waals surface area contributed by atoms with Crippen molar-refractivity contribution in [3.63, 3.8) is 0 Å². The second kappa shape index (κ2) is 4.94. The molecule has 0 spiro atoms. The summed E-state index contributed by atoms with van der Waals surface area (Å²) in [5.41, 5.74) is 3.31. The van der Waals surface area contributed by atoms with Crippen molar-refractivity contribution in [3.8, 4) is 5.75 Å². The van der Waals surface area contributed by atoms with Gasteiger partial charge in [0, 0.05) is 11.3 Å². The van der Waals surface area contributed by atoms with Crippen LogP contribution in [-0.2, 0) is 11.2 Å². The lowest BCUT2D eigenvalue weighted by Gasteiger charge is -2.09. The first-order valence-corrected chi connectivity index (χ1v) is 6.57. The van der Waals surface area contributed by atoms with Crippen LogP contribution >= 0.6 is 0 Å². The molecular formula is C16H14N2O3. The van der Waals surface area contributed by atoms with Gasteiger partial charge in [0.05, 0.1) is 12.1 Å². The molecule has 106 valence electrons. The summed E-state index contributed by atoms with van der Waals surface area (Å²) in [5.74, 6) is -0.371. The van der Waals surface area contributed by atoms with Gasteiger partial charge in [-0.3, -0.25) is 9.59 Å². The quantitative estimate of drug-likeness (QED) is 0.740. The van der Waals surface area contributed by atoms with E-state index in [0.717, 1.165) is 16.8 Å². The second-order valence-corrected chi connectivity index (χ2v) is 5.07. The van der Waals surface area contributed by atoms with Gasteiger partial charge in [0.1, 0.15) is 5.75 Å². The fourth-order valence-corrected chi connectivity index (χ4v) is 2.32. The van der Waals surface area contributed by atoms with E-state index in [4.69, 9.17) is 0 Å². The van der Waals surface area contributed by atoms with Crippen molar-refractivity contribution in [2.45, 2.75) is 13.3 Å². The van der Waals surface area contributed by atoms with Gasteiger partial charge in [0.25, 0.3) is 5.91 Å². The van der Waals surface area contributed by atoms with Crippen molar-refractivity contribution >= 4 is 23.2 Å². The lowest BCUT2D eigenvalue weighted by molar-refractivity contribution is -0.115. The highest BCUT2D eigenvalue weighted by atomic mass is 16.3. The summed E-state index contributed by atoms with van der Waals surface area (Å²) in [5, 5.41) is 15.1. The minimum Gasteiger partial charge on any atom is -0.506 e. The molecule has 0 atom stereocenters. The monoisotopic (exact) mass is 282 g/mol. The Bertz CT molecular complexity index is 753. The van der Waals surface area contributed by atoms with E-state index in [1.807, 2.05) is 6.92 Å². The molecule has 5 heteroatoms. The number of nitrogens with one attached hydrogen (secondary N) is 2. The smallest absolute Gasteiger partial charge is 0.255 e. The van der Waals surface area contributed by atoms with E-state index in [2.05, 4.69) is 10.6 Å². The zero-order valence-corrected chi connectivity index (χ0v) is 11.4. The standard InChI is InChI=1S/C16H14N2O3/c1-9-2-5-14(19)13(6-9)18-16(21)10-3-4-12-11(7-10)8-15(20)17-12/h2-7,19H,8H2,1H3,(H,17,20)(H,18,21). The molecule has 0 aromatic heterocycles. The SMILES string of the molecule is Cc1ccc(O)c(NC(=O)c2ccc3c(c2)CC(=O)N3)c1. The van der Waals surface area contributed by atoms with Crippen LogP contribution in [0.1, 0.15) is 21.5 Å². The molecule has 1 aliphatic rings. The lowest BCUT2D eigenvalue weighted by atomic mass is 10.1. The highest BCUT2D eigenvalue weighted by molar-refractivity contribution is 6.07. The van der Waals surface area contributed by atoms with E-state index in [1.165, 1.54) is 6.07 Å². The van der Waals surface area contributed by atoms with E-state index < -0.39 is 0 Å². The molecule has 3 N–H and O–H groups in total. The summed E-state index contributed by atoms with van der Waals surface area (Å²) >= 11 is 0. The van der Waals surface area contributed by atoms with Gasteiger partial charge < -0.3 is 15.7 Å². The summed E-state index contributed by atoms with van der Waals surface area (Å²) in [6.07, 6.45) is 0.284. The minimum atomic E-state index is -0.321. The van der Waals surface area contributed by atoms with Crippen molar-refractivity contribution in [1.29, 1.82) is 0 Å². The van der Waals surface area contributed by atoms with E-state index in [1.54, 1.807) is 30.3 Å². The number of hydrogen-bond acceptors (Lipinski definition) is 3.